The highest BCUT2D eigenvalue weighted by atomic mass is 35.5. The molecule has 0 N–H and O–H groups in total. The second-order valence-electron chi connectivity index (χ2n) is 3.42. The van der Waals surface area contributed by atoms with Gasteiger partial charge < -0.3 is 0 Å². The standard InChI is InChI=1S/C10H14Cl2N2/c1-3-4-5-7(2)9-8(11)6-13-10(12)14-9/h6-7H,3-5H2,1-2H3. The van der Waals surface area contributed by atoms with Crippen LogP contribution in [0.1, 0.15) is 44.7 Å². The Kier molecular flexibility index (Phi) is 4.63. The molecule has 1 heterocycles. The van der Waals surface area contributed by atoms with Crippen molar-refractivity contribution in [1.82, 2.24) is 9.97 Å². The van der Waals surface area contributed by atoms with Crippen molar-refractivity contribution in [2.75, 3.05) is 0 Å². The van der Waals surface area contributed by atoms with E-state index in [0.717, 1.165) is 12.1 Å². The van der Waals surface area contributed by atoms with Gasteiger partial charge in [0.15, 0.2) is 0 Å². The number of hydrogen-bond acceptors (Lipinski definition) is 2. The Bertz CT molecular complexity index is 302. The Morgan fingerprint density at radius 1 is 1.43 bits per heavy atom. The van der Waals surface area contributed by atoms with Crippen molar-refractivity contribution in [2.45, 2.75) is 39.0 Å². The van der Waals surface area contributed by atoms with Gasteiger partial charge in [0.05, 0.1) is 16.9 Å². The molecule has 0 aliphatic heterocycles. The molecule has 0 bridgehead atoms. The second-order valence-corrected chi connectivity index (χ2v) is 4.16. The highest BCUT2D eigenvalue weighted by molar-refractivity contribution is 6.32. The molecule has 1 atom stereocenters. The van der Waals surface area contributed by atoms with Gasteiger partial charge in [-0.1, -0.05) is 38.3 Å². The van der Waals surface area contributed by atoms with E-state index in [2.05, 4.69) is 23.8 Å². The number of hydrogen-bond donors (Lipinski definition) is 0. The molecule has 78 valence electrons. The van der Waals surface area contributed by atoms with Crippen LogP contribution < -0.4 is 0 Å². The fourth-order valence-corrected chi connectivity index (χ4v) is 1.77. The maximum Gasteiger partial charge on any atom is 0.222 e. The van der Waals surface area contributed by atoms with E-state index in [0.29, 0.717) is 10.9 Å². The summed E-state index contributed by atoms with van der Waals surface area (Å²) in [6.45, 7) is 4.28. The summed E-state index contributed by atoms with van der Waals surface area (Å²) < 4.78 is 0. The van der Waals surface area contributed by atoms with Gasteiger partial charge in [-0.25, -0.2) is 9.97 Å². The fourth-order valence-electron chi connectivity index (χ4n) is 1.35. The van der Waals surface area contributed by atoms with Gasteiger partial charge in [0.25, 0.3) is 0 Å². The smallest absolute Gasteiger partial charge is 0.222 e. The average Bonchev–Trinajstić information content (AvgIpc) is 2.18. The second kappa shape index (κ2) is 5.52. The van der Waals surface area contributed by atoms with Gasteiger partial charge >= 0.3 is 0 Å². The van der Waals surface area contributed by atoms with E-state index in [1.165, 1.54) is 12.8 Å². The van der Waals surface area contributed by atoms with Gasteiger partial charge in [-0.2, -0.15) is 0 Å². The number of unbranched alkanes of at least 4 members (excludes halogenated alkanes) is 1. The van der Waals surface area contributed by atoms with E-state index < -0.39 is 0 Å². The Labute approximate surface area is 94.7 Å². The number of aromatic nitrogens is 2. The van der Waals surface area contributed by atoms with Crippen LogP contribution in [-0.2, 0) is 0 Å². The van der Waals surface area contributed by atoms with Gasteiger partial charge in [0, 0.05) is 5.92 Å². The lowest BCUT2D eigenvalue weighted by Crippen LogP contribution is -1.99. The maximum absolute atomic E-state index is 5.99. The largest absolute Gasteiger partial charge is 0.225 e. The maximum atomic E-state index is 5.99. The fraction of sp³-hybridized carbons (Fsp3) is 0.600. The Morgan fingerprint density at radius 2 is 2.14 bits per heavy atom. The first-order chi connectivity index (χ1) is 6.65. The molecule has 0 saturated heterocycles. The van der Waals surface area contributed by atoms with Crippen molar-refractivity contribution >= 4 is 23.2 Å². The third-order valence-corrected chi connectivity index (χ3v) is 2.67. The van der Waals surface area contributed by atoms with E-state index >= 15 is 0 Å². The molecule has 1 rings (SSSR count). The molecular weight excluding hydrogens is 219 g/mol. The minimum atomic E-state index is 0.271. The molecule has 4 heteroatoms. The van der Waals surface area contributed by atoms with Crippen molar-refractivity contribution in [3.8, 4) is 0 Å². The van der Waals surface area contributed by atoms with Crippen molar-refractivity contribution < 1.29 is 0 Å². The summed E-state index contributed by atoms with van der Waals surface area (Å²) >= 11 is 11.7. The number of rotatable bonds is 4. The Hall–Kier alpha value is -0.340. The first-order valence-corrected chi connectivity index (χ1v) is 5.58. The first kappa shape index (κ1) is 11.7. The predicted octanol–water partition coefficient (Wildman–Crippen LogP) is 4.08. The van der Waals surface area contributed by atoms with Crippen molar-refractivity contribution in [2.24, 2.45) is 0 Å². The molecule has 0 aliphatic carbocycles. The molecular formula is C10H14Cl2N2. The van der Waals surface area contributed by atoms with Crippen LogP contribution >= 0.6 is 23.2 Å². The summed E-state index contributed by atoms with van der Waals surface area (Å²) in [5.74, 6) is 0.350. The van der Waals surface area contributed by atoms with Crippen LogP contribution in [0.2, 0.25) is 10.3 Å². The quantitative estimate of drug-likeness (QED) is 0.732. The molecule has 0 aromatic carbocycles. The molecule has 0 saturated carbocycles. The van der Waals surface area contributed by atoms with Gasteiger partial charge in [0.2, 0.25) is 5.28 Å². The van der Waals surface area contributed by atoms with Gasteiger partial charge in [-0.3, -0.25) is 0 Å². The zero-order valence-corrected chi connectivity index (χ0v) is 9.94. The molecule has 0 spiro atoms. The summed E-state index contributed by atoms with van der Waals surface area (Å²) in [4.78, 5) is 7.97. The molecule has 1 unspecified atom stereocenters. The summed E-state index contributed by atoms with van der Waals surface area (Å²) in [6.07, 6.45) is 5.01. The van der Waals surface area contributed by atoms with E-state index in [9.17, 15) is 0 Å². The van der Waals surface area contributed by atoms with Crippen molar-refractivity contribution in [1.29, 1.82) is 0 Å². The lowest BCUT2D eigenvalue weighted by molar-refractivity contribution is 0.610. The first-order valence-electron chi connectivity index (χ1n) is 4.83. The minimum Gasteiger partial charge on any atom is -0.225 e. The van der Waals surface area contributed by atoms with Crippen LogP contribution in [0.15, 0.2) is 6.20 Å². The molecule has 0 aliphatic rings. The topological polar surface area (TPSA) is 25.8 Å². The highest BCUT2D eigenvalue weighted by Gasteiger charge is 2.11. The number of halogens is 2. The zero-order valence-electron chi connectivity index (χ0n) is 8.43. The van der Waals surface area contributed by atoms with Gasteiger partial charge in [-0.15, -0.1) is 0 Å². The van der Waals surface area contributed by atoms with Gasteiger partial charge in [0.1, 0.15) is 0 Å². The normalized spacial score (nSPS) is 12.9. The molecule has 2 nitrogen and oxygen atoms in total. The molecule has 0 radical (unpaired) electrons. The summed E-state index contributed by atoms with van der Waals surface area (Å²) in [6, 6.07) is 0. The Balaban J connectivity index is 2.77. The third-order valence-electron chi connectivity index (χ3n) is 2.20. The summed E-state index contributed by atoms with van der Waals surface area (Å²) in [5.41, 5.74) is 0.861. The molecule has 0 fully saturated rings. The molecule has 14 heavy (non-hydrogen) atoms. The zero-order chi connectivity index (χ0) is 10.6. The van der Waals surface area contributed by atoms with Crippen LogP contribution in [0.5, 0.6) is 0 Å². The van der Waals surface area contributed by atoms with E-state index in [1.54, 1.807) is 6.20 Å². The van der Waals surface area contributed by atoms with E-state index in [-0.39, 0.29) is 5.28 Å². The lowest BCUT2D eigenvalue weighted by atomic mass is 10.0. The van der Waals surface area contributed by atoms with Crippen LogP contribution in [0.4, 0.5) is 0 Å². The van der Waals surface area contributed by atoms with Crippen LogP contribution in [0.25, 0.3) is 0 Å². The van der Waals surface area contributed by atoms with E-state index in [4.69, 9.17) is 23.2 Å². The highest BCUT2D eigenvalue weighted by Crippen LogP contribution is 2.26. The molecule has 1 aromatic rings. The van der Waals surface area contributed by atoms with Crippen LogP contribution in [-0.4, -0.2) is 9.97 Å². The predicted molar refractivity (Wildman–Crippen MR) is 60.0 cm³/mol. The molecule has 1 aromatic heterocycles. The third kappa shape index (κ3) is 3.10. The SMILES string of the molecule is CCCCC(C)c1nc(Cl)ncc1Cl. The Morgan fingerprint density at radius 3 is 2.79 bits per heavy atom. The molecule has 0 amide bonds. The average molecular weight is 233 g/mol. The number of nitrogens with zero attached hydrogens (tertiary/aromatic N) is 2. The van der Waals surface area contributed by atoms with E-state index in [1.807, 2.05) is 0 Å². The van der Waals surface area contributed by atoms with Crippen molar-refractivity contribution in [3.63, 3.8) is 0 Å². The monoisotopic (exact) mass is 232 g/mol. The summed E-state index contributed by atoms with van der Waals surface area (Å²) in [5, 5.41) is 0.880. The van der Waals surface area contributed by atoms with Crippen molar-refractivity contribution in [3.05, 3.63) is 22.2 Å². The van der Waals surface area contributed by atoms with Gasteiger partial charge in [-0.05, 0) is 18.0 Å². The lowest BCUT2D eigenvalue weighted by Gasteiger charge is -2.11. The minimum absolute atomic E-state index is 0.271. The van der Waals surface area contributed by atoms with Crippen LogP contribution in [0, 0.1) is 0 Å². The summed E-state index contributed by atoms with van der Waals surface area (Å²) in [7, 11) is 0. The van der Waals surface area contributed by atoms with Crippen LogP contribution in [0.3, 0.4) is 0 Å².